The molecular formula is C44H27N5OPt-2. The number of aryl methyl sites for hydroxylation is 2. The summed E-state index contributed by atoms with van der Waals surface area (Å²) in [5.74, 6) is 0.955. The second-order valence-corrected chi connectivity index (χ2v) is 13.7. The van der Waals surface area contributed by atoms with Gasteiger partial charge < -0.3 is 4.40 Å². The van der Waals surface area contributed by atoms with Gasteiger partial charge in [0.15, 0.2) is 0 Å². The molecule has 0 spiro atoms. The standard InChI is InChI=1S/C44H27N5O.Pt/c1-27-17-18-28(47-26-46(2)37-14-5-6-15-38(37)47)22-42(27)50-29-19-20-31-34-24-35-33-12-9-11-32-30-10-3-4-13-36(30)49(44(32)33)41(35)25-40(34)48(39(31)23-29)43-16-7-8-21-45-43;/h3-21,24-25H,1-2H3;/q-2;/i1D3,2D3;. The van der Waals surface area contributed by atoms with E-state index in [0.29, 0.717) is 31.9 Å². The first-order chi connectivity index (χ1) is 27.5. The third-order valence-corrected chi connectivity index (χ3v) is 10.9. The van der Waals surface area contributed by atoms with E-state index >= 15 is 0 Å². The summed E-state index contributed by atoms with van der Waals surface area (Å²) in [5, 5.41) is 6.66. The van der Waals surface area contributed by atoms with Gasteiger partial charge in [0.1, 0.15) is 0 Å². The Balaban J connectivity index is 1.13. The van der Waals surface area contributed by atoms with E-state index in [4.69, 9.17) is 17.9 Å². The number of benzene rings is 6. The summed E-state index contributed by atoms with van der Waals surface area (Å²) in [4.78, 5) is 4.76. The Labute approximate surface area is 311 Å². The molecule has 0 bridgehead atoms. The minimum atomic E-state index is -2.53. The molecule has 0 saturated heterocycles. The Bertz CT molecular complexity index is 3500. The van der Waals surface area contributed by atoms with Crippen molar-refractivity contribution in [3.8, 4) is 23.0 Å². The normalized spacial score (nSPS) is 14.5. The molecule has 0 unspecified atom stereocenters. The minimum absolute atomic E-state index is 0.0167. The topological polar surface area (TPSA) is 41.3 Å². The molecule has 0 aliphatic heterocycles. The Kier molecular flexibility index (Phi) is 4.83. The molecule has 0 radical (unpaired) electrons. The van der Waals surface area contributed by atoms with Crippen molar-refractivity contribution >= 4 is 70.9 Å². The molecule has 246 valence electrons. The number of nitrogens with zero attached hydrogens (tertiary/aromatic N) is 5. The monoisotopic (exact) mass is 842 g/mol. The molecule has 0 amide bonds. The van der Waals surface area contributed by atoms with E-state index in [0.717, 1.165) is 32.7 Å². The summed E-state index contributed by atoms with van der Waals surface area (Å²) in [7, 11) is 0. The Morgan fingerprint density at radius 3 is 2.27 bits per heavy atom. The van der Waals surface area contributed by atoms with E-state index in [9.17, 15) is 0 Å². The van der Waals surface area contributed by atoms with Gasteiger partial charge in [0, 0.05) is 27.7 Å². The third-order valence-electron chi connectivity index (χ3n) is 9.92. The van der Waals surface area contributed by atoms with Crippen LogP contribution in [0.4, 0.5) is 0 Å². The number of para-hydroxylation sites is 4. The van der Waals surface area contributed by atoms with Crippen LogP contribution in [-0.2, 0) is 26.3 Å². The van der Waals surface area contributed by atoms with Crippen molar-refractivity contribution in [3.05, 3.63) is 149 Å². The fraction of sp³-hybridized carbons (Fsp3) is 0.0455. The first kappa shape index (κ1) is 23.4. The summed E-state index contributed by atoms with van der Waals surface area (Å²) in [6.45, 7) is -4.99. The summed E-state index contributed by atoms with van der Waals surface area (Å²) < 4.78 is 64.2. The Morgan fingerprint density at radius 1 is 0.647 bits per heavy atom. The number of hydrogen-bond donors (Lipinski definition) is 0. The summed E-state index contributed by atoms with van der Waals surface area (Å²) in [5.41, 5.74) is 6.55. The van der Waals surface area contributed by atoms with E-state index in [1.807, 2.05) is 55.8 Å². The summed E-state index contributed by atoms with van der Waals surface area (Å²) in [6.07, 6.45) is 1.75. The average Bonchev–Trinajstić information content (AvgIpc) is 3.90. The number of imidazole rings is 1. The second kappa shape index (κ2) is 10.5. The number of fused-ring (bicyclic) bond motifs is 10. The van der Waals surface area contributed by atoms with Gasteiger partial charge in [0.2, 0.25) is 0 Å². The van der Waals surface area contributed by atoms with Crippen LogP contribution < -0.4 is 4.74 Å². The fourth-order valence-corrected chi connectivity index (χ4v) is 8.58. The Morgan fingerprint density at radius 2 is 1.43 bits per heavy atom. The van der Waals surface area contributed by atoms with Gasteiger partial charge in [-0.1, -0.05) is 42.5 Å². The van der Waals surface area contributed by atoms with Crippen LogP contribution in [0.15, 0.2) is 128 Å². The zero-order valence-corrected chi connectivity index (χ0v) is 28.9. The van der Waals surface area contributed by atoms with E-state index in [-0.39, 0.29) is 17.1 Å². The number of ether oxygens (including phenoxy) is 1. The van der Waals surface area contributed by atoms with Crippen LogP contribution in [-0.4, -0.2) is 23.1 Å². The zero-order chi connectivity index (χ0) is 39.0. The molecule has 5 aromatic heterocycles. The first-order valence-corrected chi connectivity index (χ1v) is 17.5. The molecule has 11 aromatic rings. The molecule has 6 aromatic carbocycles. The van der Waals surface area contributed by atoms with Crippen molar-refractivity contribution in [1.29, 1.82) is 0 Å². The van der Waals surface area contributed by atoms with Gasteiger partial charge in [-0.25, -0.2) is 0 Å². The van der Waals surface area contributed by atoms with Crippen molar-refractivity contribution in [3.63, 3.8) is 0 Å². The van der Waals surface area contributed by atoms with E-state index in [1.165, 1.54) is 32.3 Å². The smallest absolute Gasteiger partial charge is 0.0570 e. The molecular weight excluding hydrogens is 810 g/mol. The van der Waals surface area contributed by atoms with Crippen LogP contribution >= 0.6 is 0 Å². The molecule has 5 heterocycles. The second-order valence-electron chi connectivity index (χ2n) is 12.6. The SMILES string of the molecule is [2H]C([2H])([2H])c1ccc(-n2[c](=[Pt])n(C([2H])([2H])[2H])c3ccccc32)[c-]c1Oc1[c-]c2c(cc1)c1cc3c4cccc5c6ccccc6n(c3cc1n2-c1ccccn1)c54. The van der Waals surface area contributed by atoms with Crippen LogP contribution in [0.1, 0.15) is 13.8 Å². The number of rotatable bonds is 4. The minimum Gasteiger partial charge on any atom is -0.0570 e. The first-order valence-electron chi connectivity index (χ1n) is 19.4. The Hall–Kier alpha value is -5.97. The average molecular weight is 843 g/mol. The number of aromatic nitrogens is 5. The molecule has 6 nitrogen and oxygen atoms in total. The van der Waals surface area contributed by atoms with Gasteiger partial charge in [-0.2, -0.15) is 0 Å². The van der Waals surface area contributed by atoms with Crippen molar-refractivity contribution in [1.82, 2.24) is 23.1 Å². The summed E-state index contributed by atoms with van der Waals surface area (Å²) in [6, 6.07) is 45.9. The van der Waals surface area contributed by atoms with Gasteiger partial charge in [-0.05, 0) is 12.1 Å². The predicted octanol–water partition coefficient (Wildman–Crippen LogP) is 10.4. The molecule has 51 heavy (non-hydrogen) atoms. The maximum atomic E-state index is 8.38. The summed E-state index contributed by atoms with van der Waals surface area (Å²) >= 11 is 1.98. The fourth-order valence-electron chi connectivity index (χ4n) is 7.76. The van der Waals surface area contributed by atoms with Gasteiger partial charge >= 0.3 is 209 Å². The molecule has 0 fully saturated rings. The van der Waals surface area contributed by atoms with E-state index in [1.54, 1.807) is 35.0 Å². The zero-order valence-electron chi connectivity index (χ0n) is 32.6. The van der Waals surface area contributed by atoms with Crippen LogP contribution in [0.5, 0.6) is 11.5 Å². The van der Waals surface area contributed by atoms with E-state index < -0.39 is 13.8 Å². The predicted molar refractivity (Wildman–Crippen MR) is 201 cm³/mol. The number of hydrogen-bond acceptors (Lipinski definition) is 2. The van der Waals surface area contributed by atoms with Crippen LogP contribution in [0, 0.1) is 22.8 Å². The van der Waals surface area contributed by atoms with E-state index in [2.05, 4.69) is 75.7 Å². The van der Waals surface area contributed by atoms with Crippen molar-refractivity contribution < 1.29 is 32.3 Å². The van der Waals surface area contributed by atoms with Gasteiger partial charge in [0.05, 0.1) is 16.6 Å². The molecule has 11 rings (SSSR count). The van der Waals surface area contributed by atoms with Crippen LogP contribution in [0.2, 0.25) is 0 Å². The van der Waals surface area contributed by atoms with Gasteiger partial charge in [-0.3, -0.25) is 0 Å². The maximum absolute atomic E-state index is 8.38. The molecule has 0 atom stereocenters. The van der Waals surface area contributed by atoms with Crippen molar-refractivity contribution in [2.75, 3.05) is 0 Å². The number of pyridine rings is 1. The van der Waals surface area contributed by atoms with Crippen LogP contribution in [0.25, 0.3) is 82.4 Å². The van der Waals surface area contributed by atoms with Gasteiger partial charge in [-0.15, -0.1) is 0 Å². The molecule has 0 saturated carbocycles. The molecule has 0 N–H and O–H groups in total. The quantitative estimate of drug-likeness (QED) is 0.166. The molecule has 0 aliphatic rings. The molecule has 0 aliphatic carbocycles. The van der Waals surface area contributed by atoms with Gasteiger partial charge in [0.25, 0.3) is 0 Å². The third kappa shape index (κ3) is 3.97. The van der Waals surface area contributed by atoms with Crippen molar-refractivity contribution in [2.45, 2.75) is 6.85 Å². The molecule has 7 heteroatoms. The van der Waals surface area contributed by atoms with Crippen LogP contribution in [0.3, 0.4) is 0 Å². The van der Waals surface area contributed by atoms with Crippen molar-refractivity contribution in [2.24, 2.45) is 6.98 Å².